The summed E-state index contributed by atoms with van der Waals surface area (Å²) in [6.07, 6.45) is 2.85. The van der Waals surface area contributed by atoms with Crippen LogP contribution < -0.4 is 0 Å². The zero-order chi connectivity index (χ0) is 4.12. The fourth-order valence-corrected chi connectivity index (χ4v) is 1.68. The van der Waals surface area contributed by atoms with Crippen molar-refractivity contribution in [1.29, 1.82) is 0 Å². The van der Waals surface area contributed by atoms with E-state index in [2.05, 4.69) is 6.92 Å². The zero-order valence-corrected chi connectivity index (χ0v) is 9.09. The van der Waals surface area contributed by atoms with Crippen LogP contribution in [0.3, 0.4) is 0 Å². The standard InChI is InChI=1S/C4H9.Cd.ClH/c1-3-4-2;;/h1,3-4H2,2H3;;1H. The largest absolute Gasteiger partial charge is 0.147 e. The Morgan fingerprint density at radius 2 is 2.00 bits per heavy atom. The van der Waals surface area contributed by atoms with Gasteiger partial charge in [-0.3, -0.25) is 0 Å². The molecule has 0 nitrogen and oxygen atoms in total. The second-order valence-corrected chi connectivity index (χ2v) is 3.23. The van der Waals surface area contributed by atoms with Crippen molar-refractivity contribution in [2.45, 2.75) is 23.7 Å². The smallest absolute Gasteiger partial charge is 0.147 e. The minimum atomic E-state index is 0. The summed E-state index contributed by atoms with van der Waals surface area (Å²) in [6, 6.07) is 0. The maximum Gasteiger partial charge on any atom is -0.147 e. The molecular weight excluding hydrogens is 196 g/mol. The molecule has 0 aromatic heterocycles. The van der Waals surface area contributed by atoms with Crippen molar-refractivity contribution in [3.63, 3.8) is 0 Å². The summed E-state index contributed by atoms with van der Waals surface area (Å²) in [5.41, 5.74) is 0. The van der Waals surface area contributed by atoms with Crippen LogP contribution in [0.5, 0.6) is 0 Å². The molecule has 0 N–H and O–H groups in total. The van der Waals surface area contributed by atoms with Gasteiger partial charge in [0.1, 0.15) is 0 Å². The Morgan fingerprint density at radius 1 is 1.50 bits per heavy atom. The molecule has 0 amide bonds. The third-order valence-electron chi connectivity index (χ3n) is 0.604. The van der Waals surface area contributed by atoms with Crippen LogP contribution in [0.2, 0.25) is 3.98 Å². The summed E-state index contributed by atoms with van der Waals surface area (Å²) in [4.78, 5) is 0. The molecule has 0 heterocycles. The first-order chi connectivity index (χ1) is 2.41. The van der Waals surface area contributed by atoms with E-state index in [1.807, 2.05) is 0 Å². The topological polar surface area (TPSA) is 0 Å². The molecule has 0 aliphatic carbocycles. The van der Waals surface area contributed by atoms with Gasteiger partial charge in [0.15, 0.2) is 0 Å². The van der Waals surface area contributed by atoms with Gasteiger partial charge in [-0.25, -0.2) is 0 Å². The van der Waals surface area contributed by atoms with Crippen LogP contribution in [0.25, 0.3) is 0 Å². The van der Waals surface area contributed by atoms with Crippen LogP contribution in [0.4, 0.5) is 0 Å². The van der Waals surface area contributed by atoms with Gasteiger partial charge in [0.25, 0.3) is 0 Å². The van der Waals surface area contributed by atoms with E-state index in [0.717, 1.165) is 0 Å². The minimum Gasteiger partial charge on any atom is -0.147 e. The number of halogens is 1. The number of rotatable bonds is 2. The van der Waals surface area contributed by atoms with Crippen molar-refractivity contribution in [1.82, 2.24) is 0 Å². The first-order valence-electron chi connectivity index (χ1n) is 2.21. The Bertz CT molecular complexity index is 15.0. The van der Waals surface area contributed by atoms with E-state index in [1.165, 1.54) is 42.6 Å². The normalized spacial score (nSPS) is 7.17. The van der Waals surface area contributed by atoms with Gasteiger partial charge < -0.3 is 0 Å². The SMILES string of the molecule is CCC[CH2][Cd].Cl. The third kappa shape index (κ3) is 8.96. The molecule has 0 aromatic carbocycles. The van der Waals surface area contributed by atoms with Crippen molar-refractivity contribution in [2.75, 3.05) is 0 Å². The summed E-state index contributed by atoms with van der Waals surface area (Å²) < 4.78 is 1.51. The van der Waals surface area contributed by atoms with Crippen molar-refractivity contribution in [3.05, 3.63) is 0 Å². The van der Waals surface area contributed by atoms with Crippen LogP contribution in [-0.4, -0.2) is 0 Å². The molecule has 0 spiro atoms. The van der Waals surface area contributed by atoms with E-state index in [9.17, 15) is 0 Å². The molecule has 35 valence electrons. The first kappa shape index (κ1) is 10.2. The number of hydrogen-bond donors (Lipinski definition) is 0. The van der Waals surface area contributed by atoms with Gasteiger partial charge in [-0.2, -0.15) is 0 Å². The van der Waals surface area contributed by atoms with Crippen molar-refractivity contribution in [3.8, 4) is 0 Å². The quantitative estimate of drug-likeness (QED) is 0.607. The molecule has 0 rings (SSSR count). The number of hydrogen-bond acceptors (Lipinski definition) is 0. The summed E-state index contributed by atoms with van der Waals surface area (Å²) in [5, 5.41) is 0. The molecule has 2 heteroatoms. The molecule has 0 aliphatic heterocycles. The van der Waals surface area contributed by atoms with Crippen LogP contribution in [0, 0.1) is 0 Å². The summed E-state index contributed by atoms with van der Waals surface area (Å²) >= 11 is 1.22. The van der Waals surface area contributed by atoms with Crippen LogP contribution in [-0.2, 0) is 25.8 Å². The van der Waals surface area contributed by atoms with Crippen molar-refractivity contribution in [2.24, 2.45) is 0 Å². The third-order valence-corrected chi connectivity index (χ3v) is 2.03. The van der Waals surface area contributed by atoms with Crippen LogP contribution >= 0.6 is 12.4 Å². The van der Waals surface area contributed by atoms with Crippen molar-refractivity contribution < 1.29 is 25.8 Å². The minimum absolute atomic E-state index is 0. The predicted octanol–water partition coefficient (Wildman–Crippen LogP) is 2.17. The van der Waals surface area contributed by atoms with Crippen molar-refractivity contribution >= 4 is 12.4 Å². The number of unbranched alkanes of at least 4 members (excludes halogenated alkanes) is 1. The zero-order valence-electron chi connectivity index (χ0n) is 4.24. The average Bonchev–Trinajstić information content (AvgIpc) is 1.41. The second-order valence-electron chi connectivity index (χ2n) is 1.21. The maximum atomic E-state index is 2.24. The monoisotopic (exact) mass is 207 g/mol. The molecule has 0 fully saturated rings. The van der Waals surface area contributed by atoms with Gasteiger partial charge in [0.05, 0.1) is 0 Å². The molecule has 6 heavy (non-hydrogen) atoms. The molecule has 0 atom stereocenters. The van der Waals surface area contributed by atoms with Gasteiger partial charge in [0.2, 0.25) is 0 Å². The fourth-order valence-electron chi connectivity index (χ4n) is 0.250. The van der Waals surface area contributed by atoms with E-state index in [4.69, 9.17) is 0 Å². The first-order valence-corrected chi connectivity index (χ1v) is 5.06. The molecule has 0 saturated carbocycles. The average molecular weight is 206 g/mol. The van der Waals surface area contributed by atoms with E-state index < -0.39 is 0 Å². The summed E-state index contributed by atoms with van der Waals surface area (Å²) in [7, 11) is 0. The van der Waals surface area contributed by atoms with E-state index in [0.29, 0.717) is 0 Å². The van der Waals surface area contributed by atoms with Gasteiger partial charge in [-0.1, -0.05) is 0 Å². The van der Waals surface area contributed by atoms with Gasteiger partial charge in [0, 0.05) is 0 Å². The Morgan fingerprint density at radius 3 is 2.00 bits per heavy atom. The fraction of sp³-hybridized carbons (Fsp3) is 1.00. The maximum absolute atomic E-state index is 2.24. The second kappa shape index (κ2) is 9.51. The Kier molecular flexibility index (Phi) is 16.2. The molecular formula is C4H10CdCl. The Balaban J connectivity index is 0. The van der Waals surface area contributed by atoms with Crippen LogP contribution in [0.1, 0.15) is 19.8 Å². The predicted molar refractivity (Wildman–Crippen MR) is 27.0 cm³/mol. The Labute approximate surface area is 61.8 Å². The summed E-state index contributed by atoms with van der Waals surface area (Å²) in [5.74, 6) is 0. The molecule has 0 radical (unpaired) electrons. The molecule has 0 saturated heterocycles. The molecule has 0 aliphatic rings. The van der Waals surface area contributed by atoms with E-state index in [1.54, 1.807) is 0 Å². The molecule has 0 unspecified atom stereocenters. The molecule has 0 bridgehead atoms. The summed E-state index contributed by atoms with van der Waals surface area (Å²) in [6.45, 7) is 2.24. The van der Waals surface area contributed by atoms with Gasteiger partial charge >= 0.3 is 49.5 Å². The molecule has 0 aromatic rings. The van der Waals surface area contributed by atoms with E-state index >= 15 is 0 Å². The van der Waals surface area contributed by atoms with E-state index in [-0.39, 0.29) is 12.4 Å². The van der Waals surface area contributed by atoms with Gasteiger partial charge in [-0.05, 0) is 0 Å². The Hall–Kier alpha value is 1.21. The van der Waals surface area contributed by atoms with Gasteiger partial charge in [-0.15, -0.1) is 12.4 Å². The van der Waals surface area contributed by atoms with Crippen LogP contribution in [0.15, 0.2) is 0 Å².